The second kappa shape index (κ2) is 6.10. The van der Waals surface area contributed by atoms with Gasteiger partial charge in [-0.3, -0.25) is 4.79 Å². The van der Waals surface area contributed by atoms with Crippen molar-refractivity contribution in [3.05, 3.63) is 35.4 Å². The minimum absolute atomic E-state index is 0.0276. The maximum absolute atomic E-state index is 13.5. The molecule has 1 saturated heterocycles. The maximum Gasteiger partial charge on any atom is 0.224 e. The zero-order valence-corrected chi connectivity index (χ0v) is 10.9. The topological polar surface area (TPSA) is 41.1 Å². The summed E-state index contributed by atoms with van der Waals surface area (Å²) in [4.78, 5) is 11.9. The lowest BCUT2D eigenvalue weighted by Gasteiger charge is -2.17. The van der Waals surface area contributed by atoms with Gasteiger partial charge < -0.3 is 10.6 Å². The van der Waals surface area contributed by atoms with Gasteiger partial charge in [0.25, 0.3) is 0 Å². The average molecular weight is 268 g/mol. The summed E-state index contributed by atoms with van der Waals surface area (Å²) < 4.78 is 27.0. The summed E-state index contributed by atoms with van der Waals surface area (Å²) in [5.74, 6) is -1.21. The number of carbonyl (C=O) groups is 1. The van der Waals surface area contributed by atoms with Crippen molar-refractivity contribution in [1.29, 1.82) is 0 Å². The van der Waals surface area contributed by atoms with Crippen molar-refractivity contribution in [3.8, 4) is 0 Å². The van der Waals surface area contributed by atoms with E-state index in [4.69, 9.17) is 0 Å². The molecule has 2 rings (SSSR count). The van der Waals surface area contributed by atoms with Crippen molar-refractivity contribution < 1.29 is 13.6 Å². The molecule has 0 spiro atoms. The molecular formula is C14H18F2N2O. The molecule has 3 nitrogen and oxygen atoms in total. The van der Waals surface area contributed by atoms with E-state index in [0.29, 0.717) is 6.54 Å². The fourth-order valence-electron chi connectivity index (χ4n) is 2.32. The van der Waals surface area contributed by atoms with Crippen LogP contribution in [0.15, 0.2) is 18.2 Å². The summed E-state index contributed by atoms with van der Waals surface area (Å²) in [6.45, 7) is 3.27. The van der Waals surface area contributed by atoms with Crippen LogP contribution >= 0.6 is 0 Å². The molecule has 0 saturated carbocycles. The number of halogens is 2. The molecule has 0 radical (unpaired) electrons. The number of rotatable bonds is 4. The van der Waals surface area contributed by atoms with Gasteiger partial charge in [0.15, 0.2) is 0 Å². The van der Waals surface area contributed by atoms with Crippen molar-refractivity contribution in [3.63, 3.8) is 0 Å². The lowest BCUT2D eigenvalue weighted by Crippen LogP contribution is -2.39. The second-order valence-corrected chi connectivity index (χ2v) is 5.00. The van der Waals surface area contributed by atoms with Crippen molar-refractivity contribution in [2.24, 2.45) is 5.92 Å². The third kappa shape index (κ3) is 3.50. The van der Waals surface area contributed by atoms with E-state index in [9.17, 15) is 13.6 Å². The molecule has 5 heteroatoms. The van der Waals surface area contributed by atoms with Gasteiger partial charge in [0.1, 0.15) is 11.6 Å². The standard InChI is InChI=1S/C14H18F2N2O/c1-9(18-14(19)10-5-6-17-8-10)7-11-12(15)3-2-4-13(11)16/h2-4,9-10,17H,5-8H2,1H3,(H,18,19). The number of hydrogen-bond acceptors (Lipinski definition) is 2. The van der Waals surface area contributed by atoms with Crippen LogP contribution in [-0.4, -0.2) is 25.0 Å². The first-order chi connectivity index (χ1) is 9.08. The Bertz CT molecular complexity index is 439. The Labute approximate surface area is 111 Å². The van der Waals surface area contributed by atoms with Crippen molar-refractivity contribution >= 4 is 5.91 Å². The zero-order chi connectivity index (χ0) is 13.8. The largest absolute Gasteiger partial charge is 0.353 e. The summed E-state index contributed by atoms with van der Waals surface area (Å²) in [7, 11) is 0. The van der Waals surface area contributed by atoms with Crippen LogP contribution < -0.4 is 10.6 Å². The van der Waals surface area contributed by atoms with Gasteiger partial charge >= 0.3 is 0 Å². The molecule has 0 bridgehead atoms. The first-order valence-corrected chi connectivity index (χ1v) is 6.52. The van der Waals surface area contributed by atoms with Gasteiger partial charge in [0.05, 0.1) is 5.92 Å². The van der Waals surface area contributed by atoms with Crippen LogP contribution in [-0.2, 0) is 11.2 Å². The van der Waals surface area contributed by atoms with Gasteiger partial charge in [-0.05, 0) is 38.4 Å². The van der Waals surface area contributed by atoms with Crippen LogP contribution in [0.3, 0.4) is 0 Å². The Hall–Kier alpha value is -1.49. The SMILES string of the molecule is CC(Cc1c(F)cccc1F)NC(=O)C1CCNC1. The quantitative estimate of drug-likeness (QED) is 0.871. The Balaban J connectivity index is 1.93. The Morgan fingerprint density at radius 2 is 2.16 bits per heavy atom. The van der Waals surface area contributed by atoms with Crippen LogP contribution in [0.25, 0.3) is 0 Å². The van der Waals surface area contributed by atoms with Crippen LogP contribution in [0.1, 0.15) is 18.9 Å². The average Bonchev–Trinajstić information content (AvgIpc) is 2.88. The summed E-state index contributed by atoms with van der Waals surface area (Å²) in [6, 6.07) is 3.50. The molecule has 2 N–H and O–H groups in total. The Morgan fingerprint density at radius 3 is 2.74 bits per heavy atom. The maximum atomic E-state index is 13.5. The fourth-order valence-corrected chi connectivity index (χ4v) is 2.32. The third-order valence-electron chi connectivity index (χ3n) is 3.39. The molecule has 0 aliphatic carbocycles. The highest BCUT2D eigenvalue weighted by Gasteiger charge is 2.24. The lowest BCUT2D eigenvalue weighted by molar-refractivity contribution is -0.125. The predicted octanol–water partition coefficient (Wildman–Crippen LogP) is 1.62. The van der Waals surface area contributed by atoms with E-state index in [2.05, 4.69) is 10.6 Å². The minimum atomic E-state index is -0.566. The van der Waals surface area contributed by atoms with E-state index in [1.165, 1.54) is 18.2 Å². The number of amides is 1. The monoisotopic (exact) mass is 268 g/mol. The van der Waals surface area contributed by atoms with E-state index < -0.39 is 11.6 Å². The fraction of sp³-hybridized carbons (Fsp3) is 0.500. The zero-order valence-electron chi connectivity index (χ0n) is 10.9. The molecule has 2 atom stereocenters. The van der Waals surface area contributed by atoms with Gasteiger partial charge in [-0.15, -0.1) is 0 Å². The third-order valence-corrected chi connectivity index (χ3v) is 3.39. The van der Waals surface area contributed by atoms with Gasteiger partial charge in [-0.25, -0.2) is 8.78 Å². The van der Waals surface area contributed by atoms with E-state index in [1.807, 2.05) is 0 Å². The van der Waals surface area contributed by atoms with Gasteiger partial charge in [-0.2, -0.15) is 0 Å². The number of carbonyl (C=O) groups excluding carboxylic acids is 1. The van der Waals surface area contributed by atoms with Gasteiger partial charge in [-0.1, -0.05) is 6.07 Å². The molecule has 1 amide bonds. The molecule has 1 aliphatic rings. The molecule has 0 aromatic heterocycles. The molecule has 1 fully saturated rings. The predicted molar refractivity (Wildman–Crippen MR) is 68.6 cm³/mol. The van der Waals surface area contributed by atoms with Crippen LogP contribution in [0.2, 0.25) is 0 Å². The normalized spacial score (nSPS) is 20.3. The summed E-state index contributed by atoms with van der Waals surface area (Å²) in [6.07, 6.45) is 0.969. The Morgan fingerprint density at radius 1 is 1.47 bits per heavy atom. The summed E-state index contributed by atoms with van der Waals surface area (Å²) in [5, 5.41) is 5.93. The van der Waals surface area contributed by atoms with Crippen molar-refractivity contribution in [1.82, 2.24) is 10.6 Å². The molecule has 1 aromatic rings. The minimum Gasteiger partial charge on any atom is -0.353 e. The van der Waals surface area contributed by atoms with Gasteiger partial charge in [0, 0.05) is 18.2 Å². The highest BCUT2D eigenvalue weighted by Crippen LogP contribution is 2.15. The number of hydrogen-bond donors (Lipinski definition) is 2. The molecule has 2 unspecified atom stereocenters. The number of nitrogens with one attached hydrogen (secondary N) is 2. The highest BCUT2D eigenvalue weighted by molar-refractivity contribution is 5.79. The van der Waals surface area contributed by atoms with E-state index in [-0.39, 0.29) is 29.9 Å². The summed E-state index contributed by atoms with van der Waals surface area (Å²) >= 11 is 0. The molecule has 19 heavy (non-hydrogen) atoms. The molecular weight excluding hydrogens is 250 g/mol. The van der Waals surface area contributed by atoms with Crippen LogP contribution in [0.5, 0.6) is 0 Å². The molecule has 1 aliphatic heterocycles. The van der Waals surface area contributed by atoms with Crippen LogP contribution in [0, 0.1) is 17.6 Å². The summed E-state index contributed by atoms with van der Waals surface area (Å²) in [5.41, 5.74) is 0.0276. The molecule has 1 aromatic carbocycles. The van der Waals surface area contributed by atoms with E-state index in [1.54, 1.807) is 6.92 Å². The first-order valence-electron chi connectivity index (χ1n) is 6.52. The molecule has 104 valence electrons. The van der Waals surface area contributed by atoms with E-state index >= 15 is 0 Å². The smallest absolute Gasteiger partial charge is 0.224 e. The first kappa shape index (κ1) is 13.9. The Kier molecular flexibility index (Phi) is 4.47. The van der Waals surface area contributed by atoms with Gasteiger partial charge in [0.2, 0.25) is 5.91 Å². The number of benzene rings is 1. The van der Waals surface area contributed by atoms with Crippen LogP contribution in [0.4, 0.5) is 8.78 Å². The van der Waals surface area contributed by atoms with Crippen molar-refractivity contribution in [2.45, 2.75) is 25.8 Å². The highest BCUT2D eigenvalue weighted by atomic mass is 19.1. The van der Waals surface area contributed by atoms with Crippen molar-refractivity contribution in [2.75, 3.05) is 13.1 Å². The lowest BCUT2D eigenvalue weighted by atomic mass is 10.0. The second-order valence-electron chi connectivity index (χ2n) is 5.00. The molecule has 1 heterocycles. The van der Waals surface area contributed by atoms with E-state index in [0.717, 1.165) is 13.0 Å².